The van der Waals surface area contributed by atoms with Gasteiger partial charge in [-0.25, -0.2) is 0 Å². The molecular formula is C15H27N3O. The van der Waals surface area contributed by atoms with Gasteiger partial charge < -0.3 is 10.1 Å². The Balaban J connectivity index is 1.89. The molecule has 0 amide bonds. The third-order valence-electron chi connectivity index (χ3n) is 3.82. The van der Waals surface area contributed by atoms with Crippen molar-refractivity contribution in [1.29, 1.82) is 0 Å². The van der Waals surface area contributed by atoms with Crippen molar-refractivity contribution in [2.24, 2.45) is 0 Å². The molecule has 19 heavy (non-hydrogen) atoms. The van der Waals surface area contributed by atoms with Gasteiger partial charge in [-0.05, 0) is 45.6 Å². The maximum Gasteiger partial charge on any atom is 0.0576 e. The Kier molecular flexibility index (Phi) is 5.86. The van der Waals surface area contributed by atoms with Crippen LogP contribution in [0.5, 0.6) is 0 Å². The van der Waals surface area contributed by atoms with Crippen LogP contribution in [-0.2, 0) is 11.3 Å². The van der Waals surface area contributed by atoms with E-state index in [0.717, 1.165) is 32.5 Å². The minimum Gasteiger partial charge on any atom is -0.378 e. The zero-order chi connectivity index (χ0) is 13.5. The largest absolute Gasteiger partial charge is 0.378 e. The van der Waals surface area contributed by atoms with Crippen LogP contribution in [0.3, 0.4) is 0 Å². The van der Waals surface area contributed by atoms with Crippen molar-refractivity contribution in [2.45, 2.75) is 64.6 Å². The monoisotopic (exact) mass is 265 g/mol. The molecule has 2 unspecified atom stereocenters. The molecule has 1 aromatic heterocycles. The summed E-state index contributed by atoms with van der Waals surface area (Å²) in [5, 5.41) is 8.03. The average Bonchev–Trinajstić information content (AvgIpc) is 3.09. The topological polar surface area (TPSA) is 39.1 Å². The van der Waals surface area contributed by atoms with E-state index in [2.05, 4.69) is 30.5 Å². The molecule has 1 aromatic rings. The van der Waals surface area contributed by atoms with E-state index in [1.807, 2.05) is 10.9 Å². The fraction of sp³-hybridized carbons (Fsp3) is 0.800. The highest BCUT2D eigenvalue weighted by Crippen LogP contribution is 2.23. The standard InChI is InChI=1S/C15H27N3O/c1-3-9-16-15(8-7-14-6-5-10-19-14)13-11-17-18(4-2)12-13/h11-12,14-16H,3-10H2,1-2H3. The van der Waals surface area contributed by atoms with Crippen LogP contribution in [-0.4, -0.2) is 29.0 Å². The summed E-state index contributed by atoms with van der Waals surface area (Å²) in [4.78, 5) is 0. The van der Waals surface area contributed by atoms with Crippen LogP contribution in [0, 0.1) is 0 Å². The number of ether oxygens (including phenoxy) is 1. The summed E-state index contributed by atoms with van der Waals surface area (Å²) in [6, 6.07) is 0.421. The molecule has 0 aliphatic carbocycles. The molecule has 1 aliphatic heterocycles. The first-order valence-corrected chi connectivity index (χ1v) is 7.70. The van der Waals surface area contributed by atoms with Gasteiger partial charge in [-0.3, -0.25) is 4.68 Å². The van der Waals surface area contributed by atoms with Gasteiger partial charge in [0.05, 0.1) is 12.3 Å². The van der Waals surface area contributed by atoms with Crippen LogP contribution in [0.25, 0.3) is 0 Å². The lowest BCUT2D eigenvalue weighted by Crippen LogP contribution is -2.23. The maximum atomic E-state index is 5.72. The summed E-state index contributed by atoms with van der Waals surface area (Å²) >= 11 is 0. The first kappa shape index (κ1) is 14.5. The van der Waals surface area contributed by atoms with Gasteiger partial charge in [0.1, 0.15) is 0 Å². The molecule has 1 aliphatic rings. The second kappa shape index (κ2) is 7.65. The van der Waals surface area contributed by atoms with Crippen molar-refractivity contribution in [3.8, 4) is 0 Å². The smallest absolute Gasteiger partial charge is 0.0576 e. The lowest BCUT2D eigenvalue weighted by atomic mass is 10.0. The van der Waals surface area contributed by atoms with Gasteiger partial charge in [-0.2, -0.15) is 5.10 Å². The zero-order valence-electron chi connectivity index (χ0n) is 12.3. The molecule has 4 nitrogen and oxygen atoms in total. The van der Waals surface area contributed by atoms with Gasteiger partial charge in [0.25, 0.3) is 0 Å². The summed E-state index contributed by atoms with van der Waals surface area (Å²) in [6.07, 6.45) is 10.6. The summed E-state index contributed by atoms with van der Waals surface area (Å²) in [6.45, 7) is 7.28. The molecule has 108 valence electrons. The number of nitrogens with one attached hydrogen (secondary N) is 1. The Labute approximate surface area is 116 Å². The number of hydrogen-bond acceptors (Lipinski definition) is 3. The molecular weight excluding hydrogens is 238 g/mol. The van der Waals surface area contributed by atoms with E-state index in [1.165, 1.54) is 24.8 Å². The molecule has 2 rings (SSSR count). The fourth-order valence-corrected chi connectivity index (χ4v) is 2.66. The lowest BCUT2D eigenvalue weighted by Gasteiger charge is -2.19. The first-order chi connectivity index (χ1) is 9.33. The van der Waals surface area contributed by atoms with E-state index in [9.17, 15) is 0 Å². The normalized spacial score (nSPS) is 20.8. The van der Waals surface area contributed by atoms with E-state index >= 15 is 0 Å². The summed E-state index contributed by atoms with van der Waals surface area (Å²) in [5.74, 6) is 0. The van der Waals surface area contributed by atoms with Crippen LogP contribution < -0.4 is 5.32 Å². The van der Waals surface area contributed by atoms with E-state index in [1.54, 1.807) is 0 Å². The van der Waals surface area contributed by atoms with E-state index in [-0.39, 0.29) is 0 Å². The number of nitrogens with zero attached hydrogens (tertiary/aromatic N) is 2. The van der Waals surface area contributed by atoms with Crippen LogP contribution in [0.1, 0.15) is 57.6 Å². The molecule has 2 atom stereocenters. The van der Waals surface area contributed by atoms with Crippen molar-refractivity contribution in [1.82, 2.24) is 15.1 Å². The summed E-state index contributed by atoms with van der Waals surface area (Å²) < 4.78 is 7.72. The highest BCUT2D eigenvalue weighted by molar-refractivity contribution is 5.10. The van der Waals surface area contributed by atoms with Gasteiger partial charge in [0.15, 0.2) is 0 Å². The minimum absolute atomic E-state index is 0.421. The molecule has 0 bridgehead atoms. The Bertz CT molecular complexity index is 358. The highest BCUT2D eigenvalue weighted by atomic mass is 16.5. The van der Waals surface area contributed by atoms with Gasteiger partial charge in [0.2, 0.25) is 0 Å². The molecule has 1 N–H and O–H groups in total. The van der Waals surface area contributed by atoms with Crippen molar-refractivity contribution in [2.75, 3.05) is 13.2 Å². The van der Waals surface area contributed by atoms with Crippen LogP contribution >= 0.6 is 0 Å². The molecule has 0 spiro atoms. The Morgan fingerprint density at radius 2 is 2.42 bits per heavy atom. The number of hydrogen-bond donors (Lipinski definition) is 1. The third-order valence-corrected chi connectivity index (χ3v) is 3.82. The summed E-state index contributed by atoms with van der Waals surface area (Å²) in [7, 11) is 0. The number of aryl methyl sites for hydroxylation is 1. The van der Waals surface area contributed by atoms with E-state index in [0.29, 0.717) is 12.1 Å². The Morgan fingerprint density at radius 3 is 3.05 bits per heavy atom. The lowest BCUT2D eigenvalue weighted by molar-refractivity contribution is 0.0996. The molecule has 0 saturated carbocycles. The maximum absolute atomic E-state index is 5.72. The molecule has 1 fully saturated rings. The second-order valence-electron chi connectivity index (χ2n) is 5.35. The minimum atomic E-state index is 0.421. The predicted octanol–water partition coefficient (Wildman–Crippen LogP) is 2.90. The number of rotatable bonds is 8. The zero-order valence-corrected chi connectivity index (χ0v) is 12.3. The van der Waals surface area contributed by atoms with Gasteiger partial charge in [0, 0.05) is 31.0 Å². The molecule has 0 radical (unpaired) electrons. The van der Waals surface area contributed by atoms with Crippen molar-refractivity contribution in [3.63, 3.8) is 0 Å². The fourth-order valence-electron chi connectivity index (χ4n) is 2.66. The van der Waals surface area contributed by atoms with Gasteiger partial charge in [-0.15, -0.1) is 0 Å². The van der Waals surface area contributed by atoms with Crippen molar-refractivity contribution < 1.29 is 4.74 Å². The predicted molar refractivity (Wildman–Crippen MR) is 77.1 cm³/mol. The van der Waals surface area contributed by atoms with E-state index in [4.69, 9.17) is 4.74 Å². The van der Waals surface area contributed by atoms with Gasteiger partial charge >= 0.3 is 0 Å². The average molecular weight is 265 g/mol. The SMILES string of the molecule is CCCNC(CCC1CCCO1)c1cnn(CC)c1. The first-order valence-electron chi connectivity index (χ1n) is 7.70. The Morgan fingerprint density at radius 1 is 1.53 bits per heavy atom. The highest BCUT2D eigenvalue weighted by Gasteiger charge is 2.19. The number of aromatic nitrogens is 2. The molecule has 2 heterocycles. The quantitative estimate of drug-likeness (QED) is 0.785. The second-order valence-corrected chi connectivity index (χ2v) is 5.35. The van der Waals surface area contributed by atoms with Crippen LogP contribution in [0.2, 0.25) is 0 Å². The Hall–Kier alpha value is -0.870. The molecule has 1 saturated heterocycles. The molecule has 4 heteroatoms. The molecule has 0 aromatic carbocycles. The van der Waals surface area contributed by atoms with Crippen molar-refractivity contribution >= 4 is 0 Å². The van der Waals surface area contributed by atoms with E-state index < -0.39 is 0 Å². The van der Waals surface area contributed by atoms with Crippen molar-refractivity contribution in [3.05, 3.63) is 18.0 Å². The van der Waals surface area contributed by atoms with Crippen LogP contribution in [0.15, 0.2) is 12.4 Å². The summed E-state index contributed by atoms with van der Waals surface area (Å²) in [5.41, 5.74) is 1.31. The third kappa shape index (κ3) is 4.32. The van der Waals surface area contributed by atoms with Gasteiger partial charge in [-0.1, -0.05) is 6.92 Å². The van der Waals surface area contributed by atoms with Crippen LogP contribution in [0.4, 0.5) is 0 Å².